The van der Waals surface area contributed by atoms with Crippen molar-refractivity contribution in [1.29, 1.82) is 0 Å². The van der Waals surface area contributed by atoms with Gasteiger partial charge in [-0.1, -0.05) is 11.6 Å². The van der Waals surface area contributed by atoms with Crippen LogP contribution >= 0.6 is 11.6 Å². The average Bonchev–Trinajstić information content (AvgIpc) is 2.76. The van der Waals surface area contributed by atoms with Gasteiger partial charge in [-0.3, -0.25) is 4.79 Å². The number of benzene rings is 1. The van der Waals surface area contributed by atoms with E-state index in [-0.39, 0.29) is 16.6 Å². The van der Waals surface area contributed by atoms with Crippen LogP contribution < -0.4 is 10.6 Å². The lowest BCUT2D eigenvalue weighted by molar-refractivity contribution is 0.0939. The zero-order valence-corrected chi connectivity index (χ0v) is 9.65. The highest BCUT2D eigenvalue weighted by atomic mass is 35.5. The first-order chi connectivity index (χ1) is 8.08. The minimum Gasteiger partial charge on any atom is -0.348 e. The van der Waals surface area contributed by atoms with E-state index in [9.17, 15) is 13.6 Å². The van der Waals surface area contributed by atoms with Gasteiger partial charge in [0.15, 0.2) is 11.6 Å². The summed E-state index contributed by atoms with van der Waals surface area (Å²) in [6.45, 7) is 1.50. The first-order valence-corrected chi connectivity index (χ1v) is 5.62. The highest BCUT2D eigenvalue weighted by molar-refractivity contribution is 6.33. The van der Waals surface area contributed by atoms with Crippen LogP contribution in [-0.4, -0.2) is 25.0 Å². The van der Waals surface area contributed by atoms with E-state index in [2.05, 4.69) is 10.6 Å². The van der Waals surface area contributed by atoms with Gasteiger partial charge in [0.25, 0.3) is 5.91 Å². The summed E-state index contributed by atoms with van der Waals surface area (Å²) in [7, 11) is 0. The van der Waals surface area contributed by atoms with Crippen molar-refractivity contribution < 1.29 is 13.6 Å². The van der Waals surface area contributed by atoms with Gasteiger partial charge in [0.05, 0.1) is 10.6 Å². The third kappa shape index (κ3) is 2.73. The molecule has 0 saturated carbocycles. The summed E-state index contributed by atoms with van der Waals surface area (Å²) >= 11 is 5.70. The standard InChI is InChI=1S/C11H11ClF2N2O/c12-8-4-10(14)9(13)3-7(8)11(17)16-6-1-2-15-5-6/h3-4,6,15H,1-2,5H2,(H,16,17). The van der Waals surface area contributed by atoms with E-state index < -0.39 is 17.5 Å². The van der Waals surface area contributed by atoms with Crippen molar-refractivity contribution in [3.05, 3.63) is 34.4 Å². The summed E-state index contributed by atoms with van der Waals surface area (Å²) in [6, 6.07) is 1.63. The Morgan fingerprint density at radius 3 is 2.76 bits per heavy atom. The Morgan fingerprint density at radius 2 is 2.12 bits per heavy atom. The number of halogens is 3. The minimum atomic E-state index is -1.08. The first-order valence-electron chi connectivity index (χ1n) is 5.24. The number of nitrogens with one attached hydrogen (secondary N) is 2. The molecule has 1 saturated heterocycles. The molecule has 1 atom stereocenters. The van der Waals surface area contributed by atoms with Gasteiger partial charge < -0.3 is 10.6 Å². The normalized spacial score (nSPS) is 19.4. The molecule has 1 amide bonds. The Kier molecular flexibility index (Phi) is 3.59. The predicted octanol–water partition coefficient (Wildman–Crippen LogP) is 1.71. The molecule has 0 spiro atoms. The molecule has 3 nitrogen and oxygen atoms in total. The van der Waals surface area contributed by atoms with Gasteiger partial charge in [-0.2, -0.15) is 0 Å². The lowest BCUT2D eigenvalue weighted by atomic mass is 10.1. The van der Waals surface area contributed by atoms with Crippen molar-refractivity contribution >= 4 is 17.5 Å². The Hall–Kier alpha value is -1.20. The second-order valence-electron chi connectivity index (χ2n) is 3.91. The molecule has 1 aliphatic heterocycles. The van der Waals surface area contributed by atoms with Gasteiger partial charge in [-0.15, -0.1) is 0 Å². The smallest absolute Gasteiger partial charge is 0.253 e. The van der Waals surface area contributed by atoms with Crippen molar-refractivity contribution in [3.8, 4) is 0 Å². The van der Waals surface area contributed by atoms with Gasteiger partial charge in [-0.05, 0) is 25.1 Å². The maximum absolute atomic E-state index is 13.0. The zero-order valence-electron chi connectivity index (χ0n) is 8.90. The van der Waals surface area contributed by atoms with E-state index >= 15 is 0 Å². The maximum Gasteiger partial charge on any atom is 0.253 e. The van der Waals surface area contributed by atoms with Crippen LogP contribution in [0, 0.1) is 11.6 Å². The molecule has 0 aromatic heterocycles. The number of amides is 1. The number of carbonyl (C=O) groups is 1. The highest BCUT2D eigenvalue weighted by Crippen LogP contribution is 2.20. The van der Waals surface area contributed by atoms with E-state index in [0.717, 1.165) is 25.1 Å². The number of hydrogen-bond acceptors (Lipinski definition) is 2. The summed E-state index contributed by atoms with van der Waals surface area (Å²) in [4.78, 5) is 11.8. The van der Waals surface area contributed by atoms with Gasteiger partial charge in [0.2, 0.25) is 0 Å². The zero-order chi connectivity index (χ0) is 12.4. The monoisotopic (exact) mass is 260 g/mol. The molecule has 0 radical (unpaired) electrons. The van der Waals surface area contributed by atoms with Crippen molar-refractivity contribution in [1.82, 2.24) is 10.6 Å². The first kappa shape index (κ1) is 12.3. The molecule has 92 valence electrons. The van der Waals surface area contributed by atoms with Crippen LogP contribution in [-0.2, 0) is 0 Å². The van der Waals surface area contributed by atoms with E-state index in [1.165, 1.54) is 0 Å². The van der Waals surface area contributed by atoms with E-state index in [4.69, 9.17) is 11.6 Å². The predicted molar refractivity (Wildman–Crippen MR) is 60.1 cm³/mol. The fourth-order valence-corrected chi connectivity index (χ4v) is 1.97. The van der Waals surface area contributed by atoms with Crippen molar-refractivity contribution in [2.24, 2.45) is 0 Å². The van der Waals surface area contributed by atoms with Crippen LogP contribution in [0.5, 0.6) is 0 Å². The summed E-state index contributed by atoms with van der Waals surface area (Å²) in [5, 5.41) is 5.70. The summed E-state index contributed by atoms with van der Waals surface area (Å²) < 4.78 is 25.8. The van der Waals surface area contributed by atoms with Crippen LogP contribution in [0.3, 0.4) is 0 Å². The molecule has 6 heteroatoms. The Labute approximate surface area is 102 Å². The van der Waals surface area contributed by atoms with Crippen molar-refractivity contribution in [2.45, 2.75) is 12.5 Å². The molecule has 2 N–H and O–H groups in total. The molecule has 1 aromatic carbocycles. The van der Waals surface area contributed by atoms with Gasteiger partial charge in [-0.25, -0.2) is 8.78 Å². The lowest BCUT2D eigenvalue weighted by Crippen LogP contribution is -2.36. The maximum atomic E-state index is 13.0. The fourth-order valence-electron chi connectivity index (χ4n) is 1.74. The van der Waals surface area contributed by atoms with Crippen LogP contribution in [0.2, 0.25) is 5.02 Å². The second kappa shape index (κ2) is 4.98. The summed E-state index contributed by atoms with van der Waals surface area (Å²) in [6.07, 6.45) is 0.813. The molecule has 17 heavy (non-hydrogen) atoms. The topological polar surface area (TPSA) is 41.1 Å². The van der Waals surface area contributed by atoms with Gasteiger partial charge in [0, 0.05) is 12.6 Å². The molecule has 0 bridgehead atoms. The summed E-state index contributed by atoms with van der Waals surface area (Å²) in [5.74, 6) is -2.62. The summed E-state index contributed by atoms with van der Waals surface area (Å²) in [5.41, 5.74) is -0.0440. The van der Waals surface area contributed by atoms with Crippen LogP contribution in [0.4, 0.5) is 8.78 Å². The molecule has 0 aliphatic carbocycles. The van der Waals surface area contributed by atoms with Crippen LogP contribution in [0.25, 0.3) is 0 Å². The molecule has 1 aliphatic rings. The second-order valence-corrected chi connectivity index (χ2v) is 4.32. The Balaban J connectivity index is 2.15. The molecule has 1 unspecified atom stereocenters. The third-order valence-corrected chi connectivity index (χ3v) is 2.96. The quantitative estimate of drug-likeness (QED) is 0.795. The van der Waals surface area contributed by atoms with E-state index in [1.54, 1.807) is 0 Å². The number of hydrogen-bond donors (Lipinski definition) is 2. The third-order valence-electron chi connectivity index (χ3n) is 2.65. The van der Waals surface area contributed by atoms with Gasteiger partial charge in [0.1, 0.15) is 0 Å². The van der Waals surface area contributed by atoms with Gasteiger partial charge >= 0.3 is 0 Å². The highest BCUT2D eigenvalue weighted by Gasteiger charge is 2.20. The Morgan fingerprint density at radius 1 is 1.41 bits per heavy atom. The Bertz CT molecular complexity index is 447. The SMILES string of the molecule is O=C(NC1CCNC1)c1cc(F)c(F)cc1Cl. The number of rotatable bonds is 2. The van der Waals surface area contributed by atoms with E-state index in [0.29, 0.717) is 6.54 Å². The lowest BCUT2D eigenvalue weighted by Gasteiger charge is -2.12. The molecule has 1 heterocycles. The van der Waals surface area contributed by atoms with Crippen molar-refractivity contribution in [2.75, 3.05) is 13.1 Å². The van der Waals surface area contributed by atoms with Crippen molar-refractivity contribution in [3.63, 3.8) is 0 Å². The molecule has 1 aromatic rings. The number of carbonyl (C=O) groups excluding carboxylic acids is 1. The largest absolute Gasteiger partial charge is 0.348 e. The molecular formula is C11H11ClF2N2O. The van der Waals surface area contributed by atoms with Crippen LogP contribution in [0.1, 0.15) is 16.8 Å². The van der Waals surface area contributed by atoms with Crippen LogP contribution in [0.15, 0.2) is 12.1 Å². The minimum absolute atomic E-state index is 0.00619. The molecule has 1 fully saturated rings. The van der Waals surface area contributed by atoms with E-state index in [1.807, 2.05) is 0 Å². The molecular weight excluding hydrogens is 250 g/mol. The fraction of sp³-hybridized carbons (Fsp3) is 0.364. The average molecular weight is 261 g/mol. The molecule has 2 rings (SSSR count).